The zero-order valence-corrected chi connectivity index (χ0v) is 19.2. The molecule has 0 spiro atoms. The lowest BCUT2D eigenvalue weighted by atomic mass is 9.97. The van der Waals surface area contributed by atoms with Crippen molar-refractivity contribution in [2.75, 3.05) is 40.5 Å². The molecule has 0 aliphatic carbocycles. The van der Waals surface area contributed by atoms with Gasteiger partial charge in [-0.3, -0.25) is 9.59 Å². The van der Waals surface area contributed by atoms with Crippen LogP contribution in [0.2, 0.25) is 0 Å². The monoisotopic (exact) mass is 427 g/mol. The van der Waals surface area contributed by atoms with Gasteiger partial charge in [0.2, 0.25) is 5.91 Å². The van der Waals surface area contributed by atoms with E-state index in [-0.39, 0.29) is 17.7 Å². The summed E-state index contributed by atoms with van der Waals surface area (Å²) in [4.78, 5) is 31.6. The van der Waals surface area contributed by atoms with E-state index in [0.29, 0.717) is 38.5 Å². The Bertz CT molecular complexity index is 594. The van der Waals surface area contributed by atoms with Gasteiger partial charge in [0.05, 0.1) is 6.54 Å². The molecule has 0 aliphatic rings. The van der Waals surface area contributed by atoms with Gasteiger partial charge in [-0.15, -0.1) is 11.3 Å². The molecule has 29 heavy (non-hydrogen) atoms. The van der Waals surface area contributed by atoms with Crippen molar-refractivity contribution < 1.29 is 19.1 Å². The zero-order chi connectivity index (χ0) is 21.5. The fourth-order valence-electron chi connectivity index (χ4n) is 3.04. The Hall–Kier alpha value is -1.51. The molecule has 7 nitrogen and oxygen atoms in total. The Balaban J connectivity index is 2.74. The van der Waals surface area contributed by atoms with Crippen LogP contribution in [0.15, 0.2) is 5.38 Å². The highest BCUT2D eigenvalue weighted by Crippen LogP contribution is 2.19. The molecule has 2 amide bonds. The molecule has 1 aromatic rings. The number of unbranched alkanes of at least 4 members (excludes halogenated alkanes) is 1. The molecule has 0 radical (unpaired) electrons. The van der Waals surface area contributed by atoms with Crippen LogP contribution in [0.25, 0.3) is 0 Å². The number of nitrogens with zero attached hydrogens (tertiary/aromatic N) is 2. The molecule has 0 bridgehead atoms. The van der Waals surface area contributed by atoms with Crippen molar-refractivity contribution in [3.05, 3.63) is 16.1 Å². The highest BCUT2D eigenvalue weighted by molar-refractivity contribution is 7.09. The maximum absolute atomic E-state index is 13.1. The number of methoxy groups -OCH3 is 2. The molecule has 1 N–H and O–H groups in total. The van der Waals surface area contributed by atoms with Gasteiger partial charge in [0.25, 0.3) is 5.91 Å². The zero-order valence-electron chi connectivity index (χ0n) is 18.4. The highest BCUT2D eigenvalue weighted by atomic mass is 32.1. The molecule has 0 aromatic carbocycles. The summed E-state index contributed by atoms with van der Waals surface area (Å²) in [5.41, 5.74) is 0.407. The summed E-state index contributed by atoms with van der Waals surface area (Å²) in [6.45, 7) is 7.06. The van der Waals surface area contributed by atoms with Gasteiger partial charge in [-0.05, 0) is 25.7 Å². The van der Waals surface area contributed by atoms with E-state index < -0.39 is 0 Å². The second kappa shape index (κ2) is 15.3. The summed E-state index contributed by atoms with van der Waals surface area (Å²) in [7, 11) is 3.31. The predicted molar refractivity (Wildman–Crippen MR) is 116 cm³/mol. The second-order valence-corrected chi connectivity index (χ2v) is 8.02. The van der Waals surface area contributed by atoms with Crippen LogP contribution >= 0.6 is 11.3 Å². The van der Waals surface area contributed by atoms with E-state index in [1.165, 1.54) is 11.3 Å². The minimum absolute atomic E-state index is 0.0426. The van der Waals surface area contributed by atoms with Crippen molar-refractivity contribution in [2.45, 2.75) is 58.9 Å². The van der Waals surface area contributed by atoms with Crippen LogP contribution in [-0.4, -0.2) is 62.2 Å². The number of hydrogen-bond acceptors (Lipinski definition) is 6. The molecule has 1 heterocycles. The SMILES string of the molecule is CCCC[C@H](CC)C(=O)N(CCCOC)Cc1nc(C(=O)NCCCOC)cs1. The van der Waals surface area contributed by atoms with E-state index in [1.54, 1.807) is 19.6 Å². The normalized spacial score (nSPS) is 12.0. The molecule has 1 rings (SSSR count). The first kappa shape index (κ1) is 25.5. The summed E-state index contributed by atoms with van der Waals surface area (Å²) >= 11 is 1.42. The molecular weight excluding hydrogens is 390 g/mol. The van der Waals surface area contributed by atoms with E-state index in [1.807, 2.05) is 4.90 Å². The predicted octanol–water partition coefficient (Wildman–Crippen LogP) is 3.49. The number of nitrogens with one attached hydrogen (secondary N) is 1. The van der Waals surface area contributed by atoms with E-state index in [2.05, 4.69) is 24.1 Å². The van der Waals surface area contributed by atoms with E-state index in [4.69, 9.17) is 9.47 Å². The molecule has 166 valence electrons. The summed E-state index contributed by atoms with van der Waals surface area (Å²) in [6, 6.07) is 0. The van der Waals surface area contributed by atoms with Crippen molar-refractivity contribution in [1.82, 2.24) is 15.2 Å². The smallest absolute Gasteiger partial charge is 0.270 e. The van der Waals surface area contributed by atoms with Crippen molar-refractivity contribution in [2.24, 2.45) is 5.92 Å². The Labute approximate surface area is 179 Å². The van der Waals surface area contributed by atoms with Crippen molar-refractivity contribution >= 4 is 23.2 Å². The average molecular weight is 428 g/mol. The van der Waals surface area contributed by atoms with E-state index in [9.17, 15) is 9.59 Å². The van der Waals surface area contributed by atoms with Gasteiger partial charge in [-0.1, -0.05) is 26.7 Å². The lowest BCUT2D eigenvalue weighted by molar-refractivity contribution is -0.136. The number of ether oxygens (including phenoxy) is 2. The third kappa shape index (κ3) is 9.69. The molecule has 0 saturated carbocycles. The molecular formula is C21H37N3O4S. The maximum atomic E-state index is 13.1. The minimum Gasteiger partial charge on any atom is -0.385 e. The molecule has 0 aliphatic heterocycles. The number of aromatic nitrogens is 1. The van der Waals surface area contributed by atoms with Gasteiger partial charge < -0.3 is 19.7 Å². The van der Waals surface area contributed by atoms with Gasteiger partial charge in [-0.25, -0.2) is 4.98 Å². The fourth-order valence-corrected chi connectivity index (χ4v) is 3.83. The second-order valence-electron chi connectivity index (χ2n) is 7.08. The van der Waals surface area contributed by atoms with Crippen molar-refractivity contribution in [3.8, 4) is 0 Å². The number of thiazole rings is 1. The Morgan fingerprint density at radius 3 is 2.55 bits per heavy atom. The van der Waals surface area contributed by atoms with Gasteiger partial charge in [0, 0.05) is 51.8 Å². The van der Waals surface area contributed by atoms with Crippen molar-refractivity contribution in [1.29, 1.82) is 0 Å². The van der Waals surface area contributed by atoms with Crippen LogP contribution in [-0.2, 0) is 20.8 Å². The van der Waals surface area contributed by atoms with Crippen molar-refractivity contribution in [3.63, 3.8) is 0 Å². The summed E-state index contributed by atoms with van der Waals surface area (Å²) < 4.78 is 10.1. The molecule has 0 saturated heterocycles. The molecule has 0 unspecified atom stereocenters. The first-order valence-electron chi connectivity index (χ1n) is 10.6. The van der Waals surface area contributed by atoms with E-state index >= 15 is 0 Å². The van der Waals surface area contributed by atoms with Crippen LogP contribution in [0.4, 0.5) is 0 Å². The largest absolute Gasteiger partial charge is 0.385 e. The van der Waals surface area contributed by atoms with Crippen LogP contribution in [0.5, 0.6) is 0 Å². The minimum atomic E-state index is -0.185. The van der Waals surface area contributed by atoms with Crippen LogP contribution < -0.4 is 5.32 Å². The molecule has 0 fully saturated rings. The number of rotatable bonds is 16. The number of carbonyl (C=O) groups excluding carboxylic acids is 2. The third-order valence-corrected chi connectivity index (χ3v) is 5.59. The Kier molecular flexibility index (Phi) is 13.5. The number of hydrogen-bond donors (Lipinski definition) is 1. The van der Waals surface area contributed by atoms with E-state index in [0.717, 1.165) is 43.5 Å². The molecule has 8 heteroatoms. The van der Waals surface area contributed by atoms with Crippen LogP contribution in [0.3, 0.4) is 0 Å². The highest BCUT2D eigenvalue weighted by Gasteiger charge is 2.23. The van der Waals surface area contributed by atoms with Gasteiger partial charge >= 0.3 is 0 Å². The maximum Gasteiger partial charge on any atom is 0.270 e. The first-order valence-corrected chi connectivity index (χ1v) is 11.4. The number of carbonyl (C=O) groups is 2. The summed E-state index contributed by atoms with van der Waals surface area (Å²) in [5.74, 6) is 0.0362. The average Bonchev–Trinajstić information content (AvgIpc) is 3.19. The topological polar surface area (TPSA) is 80.8 Å². The Morgan fingerprint density at radius 2 is 1.90 bits per heavy atom. The lowest BCUT2D eigenvalue weighted by Gasteiger charge is -2.26. The van der Waals surface area contributed by atoms with Crippen LogP contribution in [0.1, 0.15) is 67.9 Å². The summed E-state index contributed by atoms with van der Waals surface area (Å²) in [6.07, 6.45) is 5.44. The van der Waals surface area contributed by atoms with Gasteiger partial charge in [0.15, 0.2) is 0 Å². The van der Waals surface area contributed by atoms with Gasteiger partial charge in [-0.2, -0.15) is 0 Å². The third-order valence-electron chi connectivity index (χ3n) is 4.76. The first-order chi connectivity index (χ1) is 14.1. The fraction of sp³-hybridized carbons (Fsp3) is 0.762. The number of amides is 2. The Morgan fingerprint density at radius 1 is 1.17 bits per heavy atom. The quantitative estimate of drug-likeness (QED) is 0.409. The van der Waals surface area contributed by atoms with Gasteiger partial charge in [0.1, 0.15) is 10.7 Å². The standard InChI is InChI=1S/C21H37N3O4S/c1-5-7-10-17(6-2)21(26)24(12-9-14-28-4)15-19-23-18(16-29-19)20(25)22-11-8-13-27-3/h16-17H,5-15H2,1-4H3,(H,22,25)/t17-/m0/s1. The lowest BCUT2D eigenvalue weighted by Crippen LogP contribution is -2.36. The summed E-state index contributed by atoms with van der Waals surface area (Å²) in [5, 5.41) is 5.38. The molecule has 1 atom stereocenters. The van der Waals surface area contributed by atoms with Crippen LogP contribution in [0, 0.1) is 5.92 Å². The molecule has 1 aromatic heterocycles.